The summed E-state index contributed by atoms with van der Waals surface area (Å²) in [5, 5.41) is 8.79. The second-order valence-electron chi connectivity index (χ2n) is 2.57. The highest BCUT2D eigenvalue weighted by molar-refractivity contribution is 5.94. The zero-order valence-electron chi connectivity index (χ0n) is 6.65. The van der Waals surface area contributed by atoms with Crippen LogP contribution in [0.3, 0.4) is 0 Å². The topological polar surface area (TPSA) is 66.2 Å². The van der Waals surface area contributed by atoms with Crippen molar-refractivity contribution in [1.82, 2.24) is 4.98 Å². The first kappa shape index (κ1) is 7.67. The summed E-state index contributed by atoms with van der Waals surface area (Å²) in [4.78, 5) is 13.4. The number of rotatable bonds is 2. The highest BCUT2D eigenvalue weighted by Crippen LogP contribution is 2.23. The number of hydrogen-bond donors (Lipinski definition) is 2. The van der Waals surface area contributed by atoms with Gasteiger partial charge >= 0.3 is 5.97 Å². The molecule has 0 aliphatic heterocycles. The third-order valence-electron chi connectivity index (χ3n) is 1.76. The van der Waals surface area contributed by atoms with Crippen LogP contribution in [0.5, 0.6) is 0 Å². The van der Waals surface area contributed by atoms with Gasteiger partial charge in [-0.25, -0.2) is 4.79 Å². The summed E-state index contributed by atoms with van der Waals surface area (Å²) in [5.74, 6) is -0.411. The lowest BCUT2D eigenvalue weighted by Crippen LogP contribution is -1.95. The van der Waals surface area contributed by atoms with Crippen LogP contribution in [0.15, 0.2) is 35.2 Å². The fraction of sp³-hybridized carbons (Fsp3) is 0. The summed E-state index contributed by atoms with van der Waals surface area (Å²) in [6.07, 6.45) is 4.54. The lowest BCUT2D eigenvalue weighted by atomic mass is 10.1. The molecule has 0 fully saturated rings. The van der Waals surface area contributed by atoms with Gasteiger partial charge in [0.1, 0.15) is 5.76 Å². The van der Waals surface area contributed by atoms with Gasteiger partial charge in [0.15, 0.2) is 0 Å². The van der Waals surface area contributed by atoms with Gasteiger partial charge in [0, 0.05) is 18.0 Å². The van der Waals surface area contributed by atoms with Crippen LogP contribution >= 0.6 is 0 Å². The molecule has 0 amide bonds. The van der Waals surface area contributed by atoms with Crippen LogP contribution in [0.25, 0.3) is 11.3 Å². The number of aromatic carboxylic acids is 1. The first-order valence-electron chi connectivity index (χ1n) is 3.73. The van der Waals surface area contributed by atoms with Gasteiger partial charge in [0.05, 0.1) is 11.8 Å². The minimum atomic E-state index is -0.965. The molecule has 13 heavy (non-hydrogen) atoms. The smallest absolute Gasteiger partial charge is 0.337 e. The summed E-state index contributed by atoms with van der Waals surface area (Å²) in [5.41, 5.74) is 0.785. The third kappa shape index (κ3) is 1.22. The molecule has 66 valence electrons. The molecule has 0 saturated heterocycles. The molecule has 0 aliphatic carbocycles. The summed E-state index contributed by atoms with van der Waals surface area (Å²) >= 11 is 0. The Morgan fingerprint density at radius 2 is 2.31 bits per heavy atom. The maximum atomic E-state index is 10.7. The lowest BCUT2D eigenvalue weighted by Gasteiger charge is -1.93. The zero-order valence-corrected chi connectivity index (χ0v) is 6.65. The Morgan fingerprint density at radius 1 is 1.46 bits per heavy atom. The van der Waals surface area contributed by atoms with E-state index in [-0.39, 0.29) is 5.56 Å². The number of carboxylic acids is 1. The minimum absolute atomic E-state index is 0.218. The Bertz CT molecular complexity index is 414. The van der Waals surface area contributed by atoms with E-state index in [1.54, 1.807) is 18.3 Å². The Hall–Kier alpha value is -1.97. The third-order valence-corrected chi connectivity index (χ3v) is 1.76. The van der Waals surface area contributed by atoms with Gasteiger partial charge in [-0.05, 0) is 12.1 Å². The molecule has 2 N–H and O–H groups in total. The molecule has 0 aromatic carbocycles. The van der Waals surface area contributed by atoms with Crippen LogP contribution in [0.4, 0.5) is 0 Å². The number of hydrogen-bond acceptors (Lipinski definition) is 2. The van der Waals surface area contributed by atoms with Crippen molar-refractivity contribution in [3.63, 3.8) is 0 Å². The molecule has 2 rings (SSSR count). The number of nitrogens with one attached hydrogen (secondary N) is 1. The molecule has 0 spiro atoms. The molecule has 4 nitrogen and oxygen atoms in total. The van der Waals surface area contributed by atoms with Gasteiger partial charge < -0.3 is 14.5 Å². The second kappa shape index (κ2) is 2.82. The van der Waals surface area contributed by atoms with Crippen molar-refractivity contribution >= 4 is 5.97 Å². The van der Waals surface area contributed by atoms with Gasteiger partial charge in [0.2, 0.25) is 0 Å². The van der Waals surface area contributed by atoms with Crippen LogP contribution in [0.2, 0.25) is 0 Å². The van der Waals surface area contributed by atoms with Gasteiger partial charge in [-0.3, -0.25) is 0 Å². The molecular formula is C9H7NO3. The fourth-order valence-electron chi connectivity index (χ4n) is 1.18. The van der Waals surface area contributed by atoms with Crippen LogP contribution in [-0.4, -0.2) is 16.1 Å². The van der Waals surface area contributed by atoms with Crippen molar-refractivity contribution in [3.05, 3.63) is 36.4 Å². The molecule has 4 heteroatoms. The lowest BCUT2D eigenvalue weighted by molar-refractivity contribution is 0.0697. The first-order valence-corrected chi connectivity index (χ1v) is 3.73. The van der Waals surface area contributed by atoms with Crippen molar-refractivity contribution in [3.8, 4) is 11.3 Å². The maximum absolute atomic E-state index is 10.7. The largest absolute Gasteiger partial charge is 0.478 e. The number of carbonyl (C=O) groups is 1. The number of aromatic nitrogens is 1. The van der Waals surface area contributed by atoms with E-state index in [0.29, 0.717) is 11.3 Å². The van der Waals surface area contributed by atoms with Crippen molar-refractivity contribution in [2.45, 2.75) is 0 Å². The van der Waals surface area contributed by atoms with Crippen LogP contribution in [0.1, 0.15) is 10.4 Å². The van der Waals surface area contributed by atoms with E-state index >= 15 is 0 Å². The quantitative estimate of drug-likeness (QED) is 0.736. The van der Waals surface area contributed by atoms with E-state index in [0.717, 1.165) is 0 Å². The van der Waals surface area contributed by atoms with E-state index in [9.17, 15) is 4.79 Å². The highest BCUT2D eigenvalue weighted by Gasteiger charge is 2.13. The predicted octanol–water partition coefficient (Wildman–Crippen LogP) is 1.97. The van der Waals surface area contributed by atoms with E-state index < -0.39 is 5.97 Å². The fourth-order valence-corrected chi connectivity index (χ4v) is 1.18. The summed E-state index contributed by atoms with van der Waals surface area (Å²) in [7, 11) is 0. The normalized spacial score (nSPS) is 10.2. The van der Waals surface area contributed by atoms with Gasteiger partial charge in [-0.2, -0.15) is 0 Å². The second-order valence-corrected chi connectivity index (χ2v) is 2.57. The van der Waals surface area contributed by atoms with E-state index in [2.05, 4.69) is 4.98 Å². The maximum Gasteiger partial charge on any atom is 0.337 e. The van der Waals surface area contributed by atoms with Crippen molar-refractivity contribution in [2.75, 3.05) is 0 Å². The van der Waals surface area contributed by atoms with Crippen LogP contribution < -0.4 is 0 Å². The Balaban J connectivity index is 2.52. The molecule has 2 aromatic heterocycles. The Morgan fingerprint density at radius 3 is 2.92 bits per heavy atom. The van der Waals surface area contributed by atoms with Gasteiger partial charge in [0.25, 0.3) is 0 Å². The monoisotopic (exact) mass is 177 g/mol. The Labute approximate surface area is 73.8 Å². The summed E-state index contributed by atoms with van der Waals surface area (Å²) in [6.45, 7) is 0. The van der Waals surface area contributed by atoms with Gasteiger partial charge in [-0.1, -0.05) is 0 Å². The molecular weight excluding hydrogens is 170 g/mol. The van der Waals surface area contributed by atoms with Crippen LogP contribution in [0, 0.1) is 0 Å². The van der Waals surface area contributed by atoms with Gasteiger partial charge in [-0.15, -0.1) is 0 Å². The molecule has 2 aromatic rings. The number of H-pyrrole nitrogens is 1. The predicted molar refractivity (Wildman–Crippen MR) is 45.5 cm³/mol. The van der Waals surface area contributed by atoms with E-state index in [1.807, 2.05) is 0 Å². The molecule has 0 saturated carbocycles. The first-order chi connectivity index (χ1) is 6.29. The van der Waals surface area contributed by atoms with E-state index in [1.165, 1.54) is 12.5 Å². The number of furan rings is 1. The zero-order chi connectivity index (χ0) is 9.26. The van der Waals surface area contributed by atoms with Crippen molar-refractivity contribution < 1.29 is 14.3 Å². The van der Waals surface area contributed by atoms with Crippen LogP contribution in [-0.2, 0) is 0 Å². The molecule has 0 bridgehead atoms. The number of carboxylic acid groups (broad SMARTS) is 1. The minimum Gasteiger partial charge on any atom is -0.478 e. The SMILES string of the molecule is O=C(O)c1c[nH]cc1-c1ccco1. The summed E-state index contributed by atoms with van der Waals surface area (Å²) in [6, 6.07) is 3.43. The van der Waals surface area contributed by atoms with Crippen molar-refractivity contribution in [1.29, 1.82) is 0 Å². The average molecular weight is 177 g/mol. The van der Waals surface area contributed by atoms with E-state index in [4.69, 9.17) is 9.52 Å². The molecule has 0 atom stereocenters. The highest BCUT2D eigenvalue weighted by atomic mass is 16.4. The molecule has 2 heterocycles. The van der Waals surface area contributed by atoms with Crippen molar-refractivity contribution in [2.24, 2.45) is 0 Å². The molecule has 0 radical (unpaired) electrons. The standard InChI is InChI=1S/C9H7NO3/c11-9(12)7-5-10-4-6(7)8-2-1-3-13-8/h1-5,10H,(H,11,12). The number of aromatic amines is 1. The average Bonchev–Trinajstić information content (AvgIpc) is 2.74. The molecule has 0 aliphatic rings. The Kier molecular flexibility index (Phi) is 1.66. The molecule has 0 unspecified atom stereocenters. The summed E-state index contributed by atoms with van der Waals surface area (Å²) < 4.78 is 5.09.